The van der Waals surface area contributed by atoms with E-state index in [-0.39, 0.29) is 0 Å². The highest BCUT2D eigenvalue weighted by Crippen LogP contribution is 2.30. The topological polar surface area (TPSA) is 12.0 Å². The molecule has 0 amide bonds. The number of thiophene rings is 2. The summed E-state index contributed by atoms with van der Waals surface area (Å²) >= 11 is 7.23. The van der Waals surface area contributed by atoms with Crippen molar-refractivity contribution in [3.05, 3.63) is 42.2 Å². The van der Waals surface area contributed by atoms with Gasteiger partial charge in [0.25, 0.3) is 0 Å². The predicted octanol–water partition coefficient (Wildman–Crippen LogP) is 4.35. The van der Waals surface area contributed by atoms with Crippen LogP contribution in [0.5, 0.6) is 0 Å². The summed E-state index contributed by atoms with van der Waals surface area (Å²) in [5.74, 6) is 0. The highest BCUT2D eigenvalue weighted by atomic mass is 79.9. The summed E-state index contributed by atoms with van der Waals surface area (Å²) in [6, 6.07) is 4.58. The molecule has 0 spiro atoms. The van der Waals surface area contributed by atoms with Crippen LogP contribution in [0.3, 0.4) is 0 Å². The van der Waals surface area contributed by atoms with Crippen LogP contribution in [0, 0.1) is 0 Å². The zero-order valence-corrected chi connectivity index (χ0v) is 12.7. The van der Waals surface area contributed by atoms with Crippen molar-refractivity contribution >= 4 is 38.6 Å². The van der Waals surface area contributed by atoms with Crippen molar-refractivity contribution in [1.29, 1.82) is 0 Å². The Labute approximate surface area is 118 Å². The summed E-state index contributed by atoms with van der Waals surface area (Å²) in [4.78, 5) is 3.11. The fourth-order valence-electron chi connectivity index (χ4n) is 2.25. The van der Waals surface area contributed by atoms with Crippen molar-refractivity contribution in [2.75, 3.05) is 0 Å². The first-order valence-corrected chi connectivity index (χ1v) is 8.34. The van der Waals surface area contributed by atoms with Gasteiger partial charge in [-0.3, -0.25) is 0 Å². The van der Waals surface area contributed by atoms with E-state index in [0.717, 1.165) is 13.1 Å². The highest BCUT2D eigenvalue weighted by molar-refractivity contribution is 9.11. The average molecular weight is 328 g/mol. The maximum atomic E-state index is 3.52. The molecular formula is C13H14BrNS2. The molecule has 0 unspecified atom stereocenters. The molecule has 1 aliphatic carbocycles. The highest BCUT2D eigenvalue weighted by Gasteiger charge is 2.14. The van der Waals surface area contributed by atoms with E-state index in [0.29, 0.717) is 0 Å². The summed E-state index contributed by atoms with van der Waals surface area (Å²) in [5, 5.41) is 5.72. The van der Waals surface area contributed by atoms with E-state index in [1.165, 1.54) is 33.5 Å². The second kappa shape index (κ2) is 5.22. The minimum Gasteiger partial charge on any atom is -0.308 e. The van der Waals surface area contributed by atoms with E-state index in [4.69, 9.17) is 0 Å². The number of hydrogen-bond donors (Lipinski definition) is 1. The molecule has 1 N–H and O–H groups in total. The van der Waals surface area contributed by atoms with Crippen molar-refractivity contribution < 1.29 is 0 Å². The molecule has 0 atom stereocenters. The molecule has 2 aromatic rings. The minimum absolute atomic E-state index is 0.963. The Bertz CT molecular complexity index is 494. The molecule has 2 heterocycles. The fourth-order valence-corrected chi connectivity index (χ4v) is 4.69. The van der Waals surface area contributed by atoms with Gasteiger partial charge in [0, 0.05) is 22.8 Å². The third-order valence-electron chi connectivity index (χ3n) is 3.05. The Morgan fingerprint density at radius 3 is 2.94 bits per heavy atom. The molecule has 0 saturated carbocycles. The molecule has 4 heteroatoms. The molecule has 0 bridgehead atoms. The molecule has 1 nitrogen and oxygen atoms in total. The van der Waals surface area contributed by atoms with E-state index in [1.807, 2.05) is 11.3 Å². The zero-order valence-electron chi connectivity index (χ0n) is 9.46. The number of nitrogens with one attached hydrogen (secondary N) is 1. The first kappa shape index (κ1) is 11.9. The maximum Gasteiger partial charge on any atom is 0.0701 e. The van der Waals surface area contributed by atoms with E-state index in [9.17, 15) is 0 Å². The van der Waals surface area contributed by atoms with E-state index in [2.05, 4.69) is 38.8 Å². The Hall–Kier alpha value is -0.160. The Balaban J connectivity index is 1.54. The summed E-state index contributed by atoms with van der Waals surface area (Å²) < 4.78 is 1.21. The third-order valence-corrected chi connectivity index (χ3v) is 5.84. The molecule has 2 aromatic heterocycles. The van der Waals surface area contributed by atoms with Crippen LogP contribution in [-0.4, -0.2) is 0 Å². The van der Waals surface area contributed by atoms with E-state index < -0.39 is 0 Å². The predicted molar refractivity (Wildman–Crippen MR) is 78.9 cm³/mol. The van der Waals surface area contributed by atoms with Crippen molar-refractivity contribution in [2.45, 2.75) is 32.4 Å². The lowest BCUT2D eigenvalue weighted by Gasteiger charge is -2.00. The molecule has 1 aliphatic rings. The van der Waals surface area contributed by atoms with Gasteiger partial charge in [0.15, 0.2) is 0 Å². The van der Waals surface area contributed by atoms with Crippen LogP contribution in [-0.2, 0) is 25.9 Å². The van der Waals surface area contributed by atoms with Gasteiger partial charge in [-0.25, -0.2) is 0 Å². The molecular weight excluding hydrogens is 314 g/mol. The van der Waals surface area contributed by atoms with Gasteiger partial charge in [0.05, 0.1) is 3.79 Å². The largest absolute Gasteiger partial charge is 0.308 e. The normalized spacial score (nSPS) is 14.2. The van der Waals surface area contributed by atoms with Crippen molar-refractivity contribution in [2.24, 2.45) is 0 Å². The van der Waals surface area contributed by atoms with Gasteiger partial charge in [-0.2, -0.15) is 0 Å². The van der Waals surface area contributed by atoms with Crippen molar-refractivity contribution in [1.82, 2.24) is 5.32 Å². The minimum atomic E-state index is 0.963. The second-order valence-corrected chi connectivity index (χ2v) is 7.89. The first-order valence-electron chi connectivity index (χ1n) is 5.85. The lowest BCUT2D eigenvalue weighted by atomic mass is 10.2. The molecule has 0 radical (unpaired) electrons. The van der Waals surface area contributed by atoms with Crippen molar-refractivity contribution in [3.63, 3.8) is 0 Å². The van der Waals surface area contributed by atoms with Gasteiger partial charge >= 0.3 is 0 Å². The first-order chi connectivity index (χ1) is 8.31. The number of halogens is 1. The van der Waals surface area contributed by atoms with Crippen LogP contribution in [0.15, 0.2) is 21.3 Å². The average Bonchev–Trinajstić information content (AvgIpc) is 2.94. The quantitative estimate of drug-likeness (QED) is 0.880. The smallest absolute Gasteiger partial charge is 0.0701 e. The van der Waals surface area contributed by atoms with Gasteiger partial charge in [0.2, 0.25) is 0 Å². The molecule has 3 rings (SSSR count). The standard InChI is InChI=1S/C13H14BrNS2/c14-13-4-9(8-16-13)6-15-7-11-5-10-2-1-3-12(10)17-11/h4-5,8,15H,1-3,6-7H2. The van der Waals surface area contributed by atoms with Gasteiger partial charge < -0.3 is 5.32 Å². The second-order valence-electron chi connectivity index (χ2n) is 4.38. The number of rotatable bonds is 4. The lowest BCUT2D eigenvalue weighted by Crippen LogP contribution is -2.11. The van der Waals surface area contributed by atoms with Crippen LogP contribution in [0.25, 0.3) is 0 Å². The van der Waals surface area contributed by atoms with Gasteiger partial charge in [-0.05, 0) is 63.8 Å². The Morgan fingerprint density at radius 1 is 1.24 bits per heavy atom. The molecule has 0 aromatic carbocycles. The summed E-state index contributed by atoms with van der Waals surface area (Å²) in [5.41, 5.74) is 2.97. The lowest BCUT2D eigenvalue weighted by molar-refractivity contribution is 0.702. The Kier molecular flexibility index (Phi) is 3.66. The number of fused-ring (bicyclic) bond motifs is 1. The van der Waals surface area contributed by atoms with Crippen LogP contribution in [0.1, 0.15) is 27.3 Å². The van der Waals surface area contributed by atoms with Crippen LogP contribution in [0.2, 0.25) is 0 Å². The van der Waals surface area contributed by atoms with E-state index in [1.54, 1.807) is 21.8 Å². The molecule has 0 fully saturated rings. The maximum absolute atomic E-state index is 3.52. The number of hydrogen-bond acceptors (Lipinski definition) is 3. The fraction of sp³-hybridized carbons (Fsp3) is 0.385. The van der Waals surface area contributed by atoms with Gasteiger partial charge in [-0.1, -0.05) is 0 Å². The SMILES string of the molecule is Brc1cc(CNCc2cc3c(s2)CCC3)cs1. The van der Waals surface area contributed by atoms with Crippen LogP contribution < -0.4 is 5.32 Å². The Morgan fingerprint density at radius 2 is 2.18 bits per heavy atom. The molecule has 0 aliphatic heterocycles. The third kappa shape index (κ3) is 2.81. The number of aryl methyl sites for hydroxylation is 2. The van der Waals surface area contributed by atoms with E-state index >= 15 is 0 Å². The summed E-state index contributed by atoms with van der Waals surface area (Å²) in [6.45, 7) is 1.97. The van der Waals surface area contributed by atoms with Gasteiger partial charge in [0.1, 0.15) is 0 Å². The summed E-state index contributed by atoms with van der Waals surface area (Å²) in [6.07, 6.45) is 3.96. The molecule has 90 valence electrons. The monoisotopic (exact) mass is 327 g/mol. The van der Waals surface area contributed by atoms with Crippen LogP contribution >= 0.6 is 38.6 Å². The van der Waals surface area contributed by atoms with Crippen LogP contribution in [0.4, 0.5) is 0 Å². The molecule has 17 heavy (non-hydrogen) atoms. The van der Waals surface area contributed by atoms with Crippen molar-refractivity contribution in [3.8, 4) is 0 Å². The molecule has 0 saturated heterocycles. The zero-order chi connectivity index (χ0) is 11.7. The van der Waals surface area contributed by atoms with Gasteiger partial charge in [-0.15, -0.1) is 22.7 Å². The summed E-state index contributed by atoms with van der Waals surface area (Å²) in [7, 11) is 0.